The summed E-state index contributed by atoms with van der Waals surface area (Å²) < 4.78 is 1.06. The monoisotopic (exact) mass is 291 g/mol. The molecule has 0 aliphatic heterocycles. The van der Waals surface area contributed by atoms with Gasteiger partial charge < -0.3 is 10.6 Å². The van der Waals surface area contributed by atoms with Gasteiger partial charge in [-0.15, -0.1) is 0 Å². The molecule has 0 aliphatic rings. The molecule has 0 amide bonds. The number of rotatable bonds is 3. The molecule has 0 aliphatic carbocycles. The number of nitrogens with zero attached hydrogens (tertiary/aromatic N) is 1. The maximum absolute atomic E-state index is 4.17. The molecule has 0 radical (unpaired) electrons. The lowest BCUT2D eigenvalue weighted by atomic mass is 10.2. The first-order valence-electron chi connectivity index (χ1n) is 5.36. The van der Waals surface area contributed by atoms with Gasteiger partial charge in [-0.1, -0.05) is 6.07 Å². The molecule has 2 N–H and O–H groups in total. The number of aromatic nitrogens is 1. The van der Waals surface area contributed by atoms with Crippen molar-refractivity contribution in [2.24, 2.45) is 0 Å². The summed E-state index contributed by atoms with van der Waals surface area (Å²) in [6.07, 6.45) is 1.77. The van der Waals surface area contributed by atoms with Crippen LogP contribution in [0.4, 0.5) is 17.2 Å². The third kappa shape index (κ3) is 2.97. The van der Waals surface area contributed by atoms with Crippen molar-refractivity contribution >= 4 is 33.1 Å². The standard InChI is InChI=1S/C13H14BrN3/c1-9-3-4-12(11(14)7-9)17-10-5-6-16-13(8-10)15-2/h3-8H,1-2H3,(H2,15,16,17). The highest BCUT2D eigenvalue weighted by Crippen LogP contribution is 2.27. The van der Waals surface area contributed by atoms with Crippen molar-refractivity contribution in [2.45, 2.75) is 6.92 Å². The summed E-state index contributed by atoms with van der Waals surface area (Å²) in [7, 11) is 1.86. The lowest BCUT2D eigenvalue weighted by Crippen LogP contribution is -1.95. The highest BCUT2D eigenvalue weighted by atomic mass is 79.9. The second kappa shape index (κ2) is 5.19. The summed E-state index contributed by atoms with van der Waals surface area (Å²) in [6, 6.07) is 10.1. The van der Waals surface area contributed by atoms with Crippen LogP contribution in [0.1, 0.15) is 5.56 Å². The largest absolute Gasteiger partial charge is 0.373 e. The fraction of sp³-hybridized carbons (Fsp3) is 0.154. The van der Waals surface area contributed by atoms with Crippen LogP contribution in [-0.2, 0) is 0 Å². The maximum atomic E-state index is 4.17. The van der Waals surface area contributed by atoms with Crippen LogP contribution < -0.4 is 10.6 Å². The van der Waals surface area contributed by atoms with Gasteiger partial charge in [0.1, 0.15) is 5.82 Å². The van der Waals surface area contributed by atoms with Gasteiger partial charge >= 0.3 is 0 Å². The minimum atomic E-state index is 0.846. The van der Waals surface area contributed by atoms with Gasteiger partial charge in [0.05, 0.1) is 5.69 Å². The summed E-state index contributed by atoms with van der Waals surface area (Å²) in [6.45, 7) is 2.07. The van der Waals surface area contributed by atoms with E-state index in [0.717, 1.165) is 21.7 Å². The number of aryl methyl sites for hydroxylation is 1. The minimum absolute atomic E-state index is 0.846. The lowest BCUT2D eigenvalue weighted by molar-refractivity contribution is 1.28. The predicted octanol–water partition coefficient (Wildman–Crippen LogP) is 3.94. The Bertz CT molecular complexity index is 526. The van der Waals surface area contributed by atoms with Gasteiger partial charge in [0.2, 0.25) is 0 Å². The van der Waals surface area contributed by atoms with Crippen LogP contribution in [0.2, 0.25) is 0 Å². The Morgan fingerprint density at radius 2 is 2.00 bits per heavy atom. The summed E-state index contributed by atoms with van der Waals surface area (Å²) in [4.78, 5) is 4.17. The molecule has 4 heteroatoms. The highest BCUT2D eigenvalue weighted by molar-refractivity contribution is 9.10. The van der Waals surface area contributed by atoms with Crippen molar-refractivity contribution in [3.63, 3.8) is 0 Å². The third-order valence-corrected chi connectivity index (χ3v) is 3.08. The number of halogens is 1. The van der Waals surface area contributed by atoms with E-state index in [1.165, 1.54) is 5.56 Å². The normalized spacial score (nSPS) is 10.1. The first-order chi connectivity index (χ1) is 8.19. The molecule has 1 aromatic heterocycles. The molecule has 2 aromatic rings. The highest BCUT2D eigenvalue weighted by Gasteiger charge is 2.01. The fourth-order valence-corrected chi connectivity index (χ4v) is 2.11. The van der Waals surface area contributed by atoms with E-state index in [9.17, 15) is 0 Å². The van der Waals surface area contributed by atoms with Crippen molar-refractivity contribution in [1.29, 1.82) is 0 Å². The minimum Gasteiger partial charge on any atom is -0.373 e. The van der Waals surface area contributed by atoms with Crippen molar-refractivity contribution < 1.29 is 0 Å². The predicted molar refractivity (Wildman–Crippen MR) is 75.9 cm³/mol. The van der Waals surface area contributed by atoms with Gasteiger partial charge in [-0.3, -0.25) is 0 Å². The Balaban J connectivity index is 2.25. The molecule has 88 valence electrons. The van der Waals surface area contributed by atoms with E-state index in [0.29, 0.717) is 0 Å². The van der Waals surface area contributed by atoms with E-state index in [2.05, 4.69) is 56.7 Å². The Hall–Kier alpha value is -1.55. The number of pyridine rings is 1. The van der Waals surface area contributed by atoms with Gasteiger partial charge in [-0.2, -0.15) is 0 Å². The van der Waals surface area contributed by atoms with E-state index in [-0.39, 0.29) is 0 Å². The van der Waals surface area contributed by atoms with Crippen LogP contribution in [0.5, 0.6) is 0 Å². The number of nitrogens with one attached hydrogen (secondary N) is 2. The summed E-state index contributed by atoms with van der Waals surface area (Å²) in [5.41, 5.74) is 3.28. The molecule has 1 heterocycles. The number of hydrogen-bond donors (Lipinski definition) is 2. The molecular weight excluding hydrogens is 278 g/mol. The van der Waals surface area contributed by atoms with Gasteiger partial charge in [0.15, 0.2) is 0 Å². The summed E-state index contributed by atoms with van der Waals surface area (Å²) >= 11 is 3.55. The zero-order chi connectivity index (χ0) is 12.3. The van der Waals surface area contributed by atoms with Crippen molar-refractivity contribution in [3.8, 4) is 0 Å². The van der Waals surface area contributed by atoms with E-state index >= 15 is 0 Å². The van der Waals surface area contributed by atoms with E-state index in [4.69, 9.17) is 0 Å². The average Bonchev–Trinajstić information content (AvgIpc) is 2.33. The first kappa shape index (κ1) is 11.9. The Labute approximate surface area is 109 Å². The number of hydrogen-bond acceptors (Lipinski definition) is 3. The molecule has 2 rings (SSSR count). The van der Waals surface area contributed by atoms with Crippen molar-refractivity contribution in [3.05, 3.63) is 46.6 Å². The maximum Gasteiger partial charge on any atom is 0.127 e. The molecule has 0 unspecified atom stereocenters. The molecule has 0 saturated heterocycles. The van der Waals surface area contributed by atoms with Crippen molar-refractivity contribution in [1.82, 2.24) is 4.98 Å². The zero-order valence-corrected chi connectivity index (χ0v) is 11.4. The van der Waals surface area contributed by atoms with Crippen molar-refractivity contribution in [2.75, 3.05) is 17.7 Å². The SMILES string of the molecule is CNc1cc(Nc2ccc(C)cc2Br)ccn1. The molecule has 0 bridgehead atoms. The zero-order valence-electron chi connectivity index (χ0n) is 9.79. The lowest BCUT2D eigenvalue weighted by Gasteiger charge is -2.10. The van der Waals surface area contributed by atoms with Crippen LogP contribution in [0.3, 0.4) is 0 Å². The molecule has 0 atom stereocenters. The summed E-state index contributed by atoms with van der Waals surface area (Å²) in [5.74, 6) is 0.846. The molecule has 0 fully saturated rings. The molecule has 17 heavy (non-hydrogen) atoms. The topological polar surface area (TPSA) is 37.0 Å². The molecule has 1 aromatic carbocycles. The molecule has 0 saturated carbocycles. The Morgan fingerprint density at radius 1 is 1.18 bits per heavy atom. The number of benzene rings is 1. The average molecular weight is 292 g/mol. The first-order valence-corrected chi connectivity index (χ1v) is 6.15. The number of anilines is 3. The van der Waals surface area contributed by atoms with Gasteiger partial charge in [-0.05, 0) is 46.6 Å². The van der Waals surface area contributed by atoms with Crippen LogP contribution in [0, 0.1) is 6.92 Å². The Morgan fingerprint density at radius 3 is 2.71 bits per heavy atom. The second-order valence-electron chi connectivity index (χ2n) is 3.79. The van der Waals surface area contributed by atoms with Crippen LogP contribution in [-0.4, -0.2) is 12.0 Å². The quantitative estimate of drug-likeness (QED) is 0.899. The van der Waals surface area contributed by atoms with E-state index in [1.54, 1.807) is 6.20 Å². The smallest absolute Gasteiger partial charge is 0.127 e. The third-order valence-electron chi connectivity index (χ3n) is 2.42. The fourth-order valence-electron chi connectivity index (χ4n) is 1.52. The Kier molecular flexibility index (Phi) is 3.64. The molecule has 3 nitrogen and oxygen atoms in total. The van der Waals surface area contributed by atoms with Gasteiger partial charge in [-0.25, -0.2) is 4.98 Å². The summed E-state index contributed by atoms with van der Waals surface area (Å²) in [5, 5.41) is 6.36. The van der Waals surface area contributed by atoms with E-state index < -0.39 is 0 Å². The van der Waals surface area contributed by atoms with Crippen LogP contribution in [0.25, 0.3) is 0 Å². The second-order valence-corrected chi connectivity index (χ2v) is 4.64. The van der Waals surface area contributed by atoms with E-state index in [1.807, 2.05) is 19.2 Å². The van der Waals surface area contributed by atoms with Gasteiger partial charge in [0, 0.05) is 29.5 Å². The van der Waals surface area contributed by atoms with Crippen LogP contribution in [0.15, 0.2) is 41.0 Å². The molecule has 0 spiro atoms. The van der Waals surface area contributed by atoms with Crippen LogP contribution >= 0.6 is 15.9 Å². The van der Waals surface area contributed by atoms with Gasteiger partial charge in [0.25, 0.3) is 0 Å². The molecular formula is C13H14BrN3.